The molecule has 15 heteroatoms. The summed E-state index contributed by atoms with van der Waals surface area (Å²) in [5.41, 5.74) is 5.80. The number of nitriles is 1. The average molecular weight is 842 g/mol. The monoisotopic (exact) mass is 841 g/mol. The van der Waals surface area contributed by atoms with Gasteiger partial charge >= 0.3 is 12.2 Å². The fraction of sp³-hybridized carbons (Fsp3) is 0.426. The number of imidazole rings is 2. The van der Waals surface area contributed by atoms with Gasteiger partial charge in [-0.05, 0) is 83.0 Å². The van der Waals surface area contributed by atoms with E-state index in [-0.39, 0.29) is 42.2 Å². The molecule has 4 amide bonds. The minimum atomic E-state index is -0.801. The molecule has 2 aromatic heterocycles. The molecule has 3 heterocycles. The lowest BCUT2D eigenvalue weighted by molar-refractivity contribution is -0.136. The Hall–Kier alpha value is -6.69. The quantitative estimate of drug-likeness (QED) is 0.0806. The zero-order chi connectivity index (χ0) is 44.1. The van der Waals surface area contributed by atoms with Crippen molar-refractivity contribution in [1.82, 2.24) is 40.4 Å². The molecule has 0 bridgehead atoms. The van der Waals surface area contributed by atoms with Gasteiger partial charge in [-0.3, -0.25) is 9.59 Å². The molecular weight excluding hydrogens is 787 g/mol. The van der Waals surface area contributed by atoms with Gasteiger partial charge in [0.1, 0.15) is 23.7 Å². The average Bonchev–Trinajstić information content (AvgIpc) is 3.61. The molecule has 0 unspecified atom stereocenters. The Balaban J connectivity index is 1.05. The molecule has 4 N–H and O–H groups in total. The van der Waals surface area contributed by atoms with Crippen LogP contribution in [0, 0.1) is 22.7 Å². The minimum Gasteiger partial charge on any atom is -0.453 e. The maximum Gasteiger partial charge on any atom is 0.407 e. The Kier molecular flexibility index (Phi) is 13.0. The molecule has 15 nitrogen and oxygen atoms in total. The number of ether oxygens (including phenoxy) is 2. The van der Waals surface area contributed by atoms with E-state index in [1.54, 1.807) is 18.0 Å². The SMILES string of the molecule is CC[C@H](NC(=O)OC)C(=O)N(CCC#N)[C@@H](CC)c1ncc(-c2ccc(-c3ccc4cc(-c5cnc([C@@H]6CC7(CC7)CN6C(=O)[C@@H](NC(=O)OC)C(C)C)[nH]5)ccc4c3)cc2)[nH]1. The number of likely N-dealkylation sites (tertiary alicyclic amines) is 1. The van der Waals surface area contributed by atoms with E-state index in [1.165, 1.54) is 14.2 Å². The maximum absolute atomic E-state index is 13.9. The van der Waals surface area contributed by atoms with Gasteiger partial charge in [0.15, 0.2) is 0 Å². The lowest BCUT2D eigenvalue weighted by Crippen LogP contribution is -2.51. The van der Waals surface area contributed by atoms with Crippen LogP contribution in [0.2, 0.25) is 0 Å². The van der Waals surface area contributed by atoms with E-state index in [0.29, 0.717) is 25.2 Å². The third kappa shape index (κ3) is 9.14. The lowest BCUT2D eigenvalue weighted by Gasteiger charge is -2.32. The van der Waals surface area contributed by atoms with Crippen molar-refractivity contribution in [3.8, 4) is 39.7 Å². The number of hydrogen-bond acceptors (Lipinski definition) is 9. The van der Waals surface area contributed by atoms with Crippen molar-refractivity contribution < 1.29 is 28.7 Å². The molecule has 1 spiro atoms. The predicted molar refractivity (Wildman–Crippen MR) is 234 cm³/mol. The van der Waals surface area contributed by atoms with Crippen molar-refractivity contribution in [3.63, 3.8) is 0 Å². The Morgan fingerprint density at radius 2 is 1.47 bits per heavy atom. The molecule has 1 saturated heterocycles. The summed E-state index contributed by atoms with van der Waals surface area (Å²) in [6.45, 7) is 8.44. The van der Waals surface area contributed by atoms with Gasteiger partial charge in [0, 0.05) is 18.7 Å². The molecule has 1 aliphatic carbocycles. The molecule has 1 saturated carbocycles. The normalized spacial score (nSPS) is 16.7. The third-order valence-corrected chi connectivity index (χ3v) is 12.3. The van der Waals surface area contributed by atoms with E-state index >= 15 is 0 Å². The third-order valence-electron chi connectivity index (χ3n) is 12.3. The molecule has 1 aliphatic heterocycles. The van der Waals surface area contributed by atoms with Gasteiger partial charge in [0.25, 0.3) is 0 Å². The van der Waals surface area contributed by atoms with Crippen LogP contribution in [0.1, 0.15) is 90.0 Å². The number of nitrogens with one attached hydrogen (secondary N) is 4. The number of carbonyl (C=O) groups excluding carboxylic acids is 4. The van der Waals surface area contributed by atoms with Crippen LogP contribution in [0.5, 0.6) is 0 Å². The highest BCUT2D eigenvalue weighted by Crippen LogP contribution is 2.58. The van der Waals surface area contributed by atoms with Crippen LogP contribution in [0.3, 0.4) is 0 Å². The van der Waals surface area contributed by atoms with Crippen molar-refractivity contribution in [1.29, 1.82) is 5.26 Å². The number of nitrogens with zero attached hydrogens (tertiary/aromatic N) is 5. The number of aromatic amines is 2. The van der Waals surface area contributed by atoms with Crippen LogP contribution in [-0.4, -0.2) is 93.1 Å². The molecule has 62 heavy (non-hydrogen) atoms. The number of fused-ring (bicyclic) bond motifs is 1. The first-order chi connectivity index (χ1) is 29.9. The summed E-state index contributed by atoms with van der Waals surface area (Å²) >= 11 is 0. The number of H-pyrrole nitrogens is 2. The maximum atomic E-state index is 13.9. The van der Waals surface area contributed by atoms with Crippen LogP contribution in [0.4, 0.5) is 9.59 Å². The molecule has 324 valence electrons. The van der Waals surface area contributed by atoms with Crippen LogP contribution in [0.15, 0.2) is 73.1 Å². The number of aromatic nitrogens is 4. The first-order valence-corrected chi connectivity index (χ1v) is 21.3. The molecule has 0 radical (unpaired) electrons. The summed E-state index contributed by atoms with van der Waals surface area (Å²) in [6.07, 6.45) is 6.31. The molecule has 7 rings (SSSR count). The van der Waals surface area contributed by atoms with Crippen molar-refractivity contribution in [2.45, 2.75) is 90.4 Å². The largest absolute Gasteiger partial charge is 0.453 e. The number of methoxy groups -OCH3 is 2. The Morgan fingerprint density at radius 1 is 0.855 bits per heavy atom. The fourth-order valence-corrected chi connectivity index (χ4v) is 8.58. The second-order valence-corrected chi connectivity index (χ2v) is 16.7. The number of carbonyl (C=O) groups is 4. The number of alkyl carbamates (subject to hydrolysis) is 2. The first kappa shape index (κ1) is 43.4. The van der Waals surface area contributed by atoms with E-state index < -0.39 is 30.3 Å². The zero-order valence-corrected chi connectivity index (χ0v) is 36.2. The van der Waals surface area contributed by atoms with Gasteiger partial charge in [-0.15, -0.1) is 0 Å². The highest BCUT2D eigenvalue weighted by atomic mass is 16.5. The van der Waals surface area contributed by atoms with Crippen LogP contribution in [-0.2, 0) is 19.1 Å². The fourth-order valence-electron chi connectivity index (χ4n) is 8.58. The van der Waals surface area contributed by atoms with Crippen molar-refractivity contribution in [2.24, 2.45) is 11.3 Å². The van der Waals surface area contributed by atoms with Crippen molar-refractivity contribution >= 4 is 34.8 Å². The number of rotatable bonds is 15. The molecule has 2 aliphatic rings. The number of amides is 4. The van der Waals surface area contributed by atoms with Crippen molar-refractivity contribution in [2.75, 3.05) is 27.3 Å². The van der Waals surface area contributed by atoms with Crippen molar-refractivity contribution in [3.05, 3.63) is 84.7 Å². The summed E-state index contributed by atoms with van der Waals surface area (Å²) in [6, 6.07) is 20.9. The smallest absolute Gasteiger partial charge is 0.407 e. The Labute approximate surface area is 361 Å². The summed E-state index contributed by atoms with van der Waals surface area (Å²) in [4.78, 5) is 71.5. The van der Waals surface area contributed by atoms with Gasteiger partial charge in [0.05, 0.1) is 62.6 Å². The molecule has 5 aromatic rings. The first-order valence-electron chi connectivity index (χ1n) is 21.3. The predicted octanol–water partition coefficient (Wildman–Crippen LogP) is 8.05. The summed E-state index contributed by atoms with van der Waals surface area (Å²) in [5, 5.41) is 16.9. The second kappa shape index (κ2) is 18.5. The Morgan fingerprint density at radius 3 is 2.10 bits per heavy atom. The Bertz CT molecular complexity index is 2460. The van der Waals surface area contributed by atoms with Crippen LogP contribution >= 0.6 is 0 Å². The van der Waals surface area contributed by atoms with Gasteiger partial charge in [-0.1, -0.05) is 76.2 Å². The molecular formula is C47H55N9O6. The molecule has 2 fully saturated rings. The van der Waals surface area contributed by atoms with E-state index in [0.717, 1.165) is 69.5 Å². The molecule has 3 aromatic carbocycles. The topological polar surface area (TPSA) is 198 Å². The van der Waals surface area contributed by atoms with Gasteiger partial charge in [-0.25, -0.2) is 19.6 Å². The standard InChI is InChI=1S/C47H55N9O6/c1-7-35(53-45(59)61-5)43(57)55(21-9-20-48)38(8-2)41-49-25-36(51-41)30-12-10-29(11-13-30)31-14-15-33-23-34(17-16-32(33)22-31)37-26-50-42(52-37)39-24-47(18-19-47)27-56(39)44(58)40(28(3)4)54-46(60)62-6/h10-17,22-23,25-26,28,35,38-40H,7-9,18-19,21,24,27H2,1-6H3,(H,49,51)(H,50,52)(H,53,59)(H,54,60)/t35-,38-,39-,40-/m0/s1. The van der Waals surface area contributed by atoms with Gasteiger partial charge < -0.3 is 39.9 Å². The summed E-state index contributed by atoms with van der Waals surface area (Å²) in [5.74, 6) is 0.809. The summed E-state index contributed by atoms with van der Waals surface area (Å²) < 4.78 is 9.54. The minimum absolute atomic E-state index is 0.110. The van der Waals surface area contributed by atoms with E-state index in [2.05, 4.69) is 80.2 Å². The van der Waals surface area contributed by atoms with Gasteiger partial charge in [0.2, 0.25) is 11.8 Å². The highest BCUT2D eigenvalue weighted by molar-refractivity contribution is 5.91. The van der Waals surface area contributed by atoms with Crippen LogP contribution in [0.25, 0.3) is 44.4 Å². The second-order valence-electron chi connectivity index (χ2n) is 16.7. The van der Waals surface area contributed by atoms with Gasteiger partial charge in [-0.2, -0.15) is 5.26 Å². The van der Waals surface area contributed by atoms with E-state index in [9.17, 15) is 24.4 Å². The van der Waals surface area contributed by atoms with E-state index in [4.69, 9.17) is 14.5 Å². The zero-order valence-electron chi connectivity index (χ0n) is 36.2. The number of benzene rings is 3. The highest BCUT2D eigenvalue weighted by Gasteiger charge is 2.55. The lowest BCUT2D eigenvalue weighted by atomic mass is 9.98. The van der Waals surface area contributed by atoms with E-state index in [1.807, 2.05) is 44.0 Å². The number of hydrogen-bond donors (Lipinski definition) is 4. The molecule has 4 atom stereocenters. The van der Waals surface area contributed by atoms with Crippen LogP contribution < -0.4 is 10.6 Å². The summed E-state index contributed by atoms with van der Waals surface area (Å²) in [7, 11) is 2.55.